The molecule has 3 aromatic rings. The minimum atomic E-state index is -3.39. The van der Waals surface area contributed by atoms with Gasteiger partial charge in [0.15, 0.2) is 0 Å². The summed E-state index contributed by atoms with van der Waals surface area (Å²) >= 11 is 0. The molecule has 1 fully saturated rings. The molecule has 2 aromatic carbocycles. The van der Waals surface area contributed by atoms with Gasteiger partial charge in [0.1, 0.15) is 29.5 Å². The molecule has 1 aliphatic rings. The molecule has 1 aromatic heterocycles. The molecule has 4 rings (SSSR count). The molecule has 0 unspecified atom stereocenters. The van der Waals surface area contributed by atoms with Crippen molar-refractivity contribution >= 4 is 21.7 Å². The monoisotopic (exact) mass is 451 g/mol. The van der Waals surface area contributed by atoms with Crippen molar-refractivity contribution in [1.29, 1.82) is 0 Å². The first kappa shape index (κ1) is 21.8. The van der Waals surface area contributed by atoms with Crippen LogP contribution in [0.5, 0.6) is 11.5 Å². The Morgan fingerprint density at radius 3 is 2.34 bits per heavy atom. The number of ether oxygens (including phenoxy) is 1. The van der Waals surface area contributed by atoms with Crippen LogP contribution in [0.1, 0.15) is 12.8 Å². The minimum Gasteiger partial charge on any atom is -0.457 e. The van der Waals surface area contributed by atoms with Gasteiger partial charge in [-0.2, -0.15) is 4.31 Å². The zero-order valence-corrected chi connectivity index (χ0v) is 18.3. The number of aromatic nitrogens is 2. The summed E-state index contributed by atoms with van der Waals surface area (Å²) in [6.45, 7) is 4.24. The smallest absolute Gasteiger partial charge is 0.235 e. The number of hydrogen-bond acceptors (Lipinski definition) is 7. The predicted molar refractivity (Wildman–Crippen MR) is 126 cm³/mol. The third-order valence-corrected chi connectivity index (χ3v) is 6.87. The van der Waals surface area contributed by atoms with E-state index in [0.29, 0.717) is 48.9 Å². The van der Waals surface area contributed by atoms with E-state index < -0.39 is 10.0 Å². The number of nitrogens with zero attached hydrogens (tertiary/aromatic N) is 3. The molecular weight excluding hydrogens is 426 g/mol. The van der Waals surface area contributed by atoms with Crippen molar-refractivity contribution in [1.82, 2.24) is 14.3 Å². The molecule has 3 N–H and O–H groups in total. The second-order valence-electron chi connectivity index (χ2n) is 7.45. The Kier molecular flexibility index (Phi) is 6.38. The molecular formula is C23H25N5O3S. The highest BCUT2D eigenvalue weighted by Gasteiger charge is 2.27. The van der Waals surface area contributed by atoms with Crippen LogP contribution >= 0.6 is 0 Å². The fourth-order valence-electron chi connectivity index (χ4n) is 3.66. The molecule has 0 bridgehead atoms. The maximum Gasteiger partial charge on any atom is 0.235 e. The SMILES string of the molecule is C=CS(=O)(=O)N1CCC(Nc2ncnc(N)c2-c2ccc(Oc3ccccc3)cc2)CC1. The maximum absolute atomic E-state index is 12.0. The number of rotatable bonds is 7. The van der Waals surface area contributed by atoms with E-state index in [9.17, 15) is 8.42 Å². The number of nitrogens with two attached hydrogens (primary N) is 1. The number of para-hydroxylation sites is 1. The summed E-state index contributed by atoms with van der Waals surface area (Å²) in [5, 5.41) is 4.42. The molecule has 9 heteroatoms. The molecule has 0 amide bonds. The third-order valence-electron chi connectivity index (χ3n) is 5.36. The Labute approximate surface area is 187 Å². The molecule has 32 heavy (non-hydrogen) atoms. The fourth-order valence-corrected chi connectivity index (χ4v) is 4.59. The van der Waals surface area contributed by atoms with E-state index in [1.165, 1.54) is 10.6 Å². The van der Waals surface area contributed by atoms with E-state index in [0.717, 1.165) is 16.7 Å². The summed E-state index contributed by atoms with van der Waals surface area (Å²) in [6, 6.07) is 17.2. The Hall–Kier alpha value is -3.43. The van der Waals surface area contributed by atoms with Crippen LogP contribution in [0.2, 0.25) is 0 Å². The van der Waals surface area contributed by atoms with Crippen LogP contribution in [-0.4, -0.2) is 41.8 Å². The van der Waals surface area contributed by atoms with Crippen molar-refractivity contribution in [2.24, 2.45) is 0 Å². The molecule has 0 atom stereocenters. The van der Waals surface area contributed by atoms with Crippen LogP contribution in [0, 0.1) is 0 Å². The standard InChI is InChI=1S/C23H25N5O3S/c1-2-32(29,30)28-14-12-18(13-15-28)27-23-21(22(24)25-16-26-23)17-8-10-20(11-9-17)31-19-6-4-3-5-7-19/h2-11,16,18H,1,12-15H2,(H3,24,25,26,27). The molecule has 1 aliphatic heterocycles. The zero-order chi connectivity index (χ0) is 22.6. The molecule has 0 spiro atoms. The summed E-state index contributed by atoms with van der Waals surface area (Å²) in [6.07, 6.45) is 2.73. The van der Waals surface area contributed by atoms with Gasteiger partial charge < -0.3 is 15.8 Å². The van der Waals surface area contributed by atoms with E-state index in [-0.39, 0.29) is 6.04 Å². The second-order valence-corrected chi connectivity index (χ2v) is 9.33. The highest BCUT2D eigenvalue weighted by molar-refractivity contribution is 7.92. The van der Waals surface area contributed by atoms with E-state index in [4.69, 9.17) is 10.5 Å². The van der Waals surface area contributed by atoms with Crippen LogP contribution in [0.15, 0.2) is 72.9 Å². The Bertz CT molecular complexity index is 1180. The summed E-state index contributed by atoms with van der Waals surface area (Å²) in [5.74, 6) is 2.46. The third kappa shape index (κ3) is 4.90. The lowest BCUT2D eigenvalue weighted by Crippen LogP contribution is -2.41. The van der Waals surface area contributed by atoms with Gasteiger partial charge in [0.05, 0.1) is 5.56 Å². The fraction of sp³-hybridized carbons (Fsp3) is 0.217. The summed E-state index contributed by atoms with van der Waals surface area (Å²) < 4.78 is 31.3. The number of nitrogen functional groups attached to an aromatic ring is 1. The van der Waals surface area contributed by atoms with Gasteiger partial charge in [-0.1, -0.05) is 36.9 Å². The molecule has 1 saturated heterocycles. The van der Waals surface area contributed by atoms with Crippen LogP contribution in [0.3, 0.4) is 0 Å². The first-order valence-corrected chi connectivity index (χ1v) is 11.8. The second kappa shape index (κ2) is 9.37. The predicted octanol–water partition coefficient (Wildman–Crippen LogP) is 3.87. The van der Waals surface area contributed by atoms with Gasteiger partial charge in [-0.3, -0.25) is 0 Å². The lowest BCUT2D eigenvalue weighted by Gasteiger charge is -2.31. The van der Waals surface area contributed by atoms with Crippen molar-refractivity contribution in [2.45, 2.75) is 18.9 Å². The number of sulfonamides is 1. The van der Waals surface area contributed by atoms with Gasteiger partial charge in [0, 0.05) is 24.5 Å². The Morgan fingerprint density at radius 2 is 1.69 bits per heavy atom. The largest absolute Gasteiger partial charge is 0.457 e. The van der Waals surface area contributed by atoms with Gasteiger partial charge in [0.2, 0.25) is 10.0 Å². The van der Waals surface area contributed by atoms with Gasteiger partial charge >= 0.3 is 0 Å². The highest BCUT2D eigenvalue weighted by atomic mass is 32.2. The molecule has 0 radical (unpaired) electrons. The Morgan fingerprint density at radius 1 is 1.03 bits per heavy atom. The Balaban J connectivity index is 1.49. The molecule has 2 heterocycles. The number of benzene rings is 2. The van der Waals surface area contributed by atoms with Crippen LogP contribution in [0.4, 0.5) is 11.6 Å². The van der Waals surface area contributed by atoms with E-state index in [1.807, 2.05) is 54.6 Å². The average molecular weight is 452 g/mol. The van der Waals surface area contributed by atoms with E-state index in [2.05, 4.69) is 21.9 Å². The normalized spacial score (nSPS) is 15.2. The number of nitrogens with one attached hydrogen (secondary N) is 1. The van der Waals surface area contributed by atoms with E-state index in [1.54, 1.807) is 0 Å². The quantitative estimate of drug-likeness (QED) is 0.561. The van der Waals surface area contributed by atoms with Gasteiger partial charge in [-0.05, 0) is 42.7 Å². The van der Waals surface area contributed by atoms with Crippen LogP contribution in [-0.2, 0) is 10.0 Å². The minimum absolute atomic E-state index is 0.0694. The van der Waals surface area contributed by atoms with Crippen molar-refractivity contribution in [3.05, 3.63) is 72.9 Å². The number of piperidine rings is 1. The van der Waals surface area contributed by atoms with Gasteiger partial charge in [-0.25, -0.2) is 18.4 Å². The van der Waals surface area contributed by atoms with Crippen LogP contribution < -0.4 is 15.8 Å². The lowest BCUT2D eigenvalue weighted by atomic mass is 10.0. The summed E-state index contributed by atoms with van der Waals surface area (Å²) in [5.41, 5.74) is 7.76. The zero-order valence-electron chi connectivity index (χ0n) is 17.5. The van der Waals surface area contributed by atoms with Crippen molar-refractivity contribution in [3.8, 4) is 22.6 Å². The first-order valence-electron chi connectivity index (χ1n) is 10.3. The lowest BCUT2D eigenvalue weighted by molar-refractivity contribution is 0.333. The molecule has 166 valence electrons. The maximum atomic E-state index is 12.0. The van der Waals surface area contributed by atoms with Gasteiger partial charge in [-0.15, -0.1) is 0 Å². The first-order chi connectivity index (χ1) is 15.5. The summed E-state index contributed by atoms with van der Waals surface area (Å²) in [4.78, 5) is 8.55. The number of anilines is 2. The van der Waals surface area contributed by atoms with Gasteiger partial charge in [0.25, 0.3) is 0 Å². The van der Waals surface area contributed by atoms with E-state index >= 15 is 0 Å². The average Bonchev–Trinajstić information content (AvgIpc) is 2.81. The van der Waals surface area contributed by atoms with Crippen molar-refractivity contribution in [3.63, 3.8) is 0 Å². The summed E-state index contributed by atoms with van der Waals surface area (Å²) in [7, 11) is -3.39. The van der Waals surface area contributed by atoms with Crippen LogP contribution in [0.25, 0.3) is 11.1 Å². The highest BCUT2D eigenvalue weighted by Crippen LogP contribution is 2.33. The van der Waals surface area contributed by atoms with Crippen molar-refractivity contribution in [2.75, 3.05) is 24.1 Å². The molecule has 0 aliphatic carbocycles. The number of hydrogen-bond donors (Lipinski definition) is 2. The molecule has 8 nitrogen and oxygen atoms in total. The van der Waals surface area contributed by atoms with Crippen molar-refractivity contribution < 1.29 is 13.2 Å². The molecule has 0 saturated carbocycles. The topological polar surface area (TPSA) is 110 Å².